The summed E-state index contributed by atoms with van der Waals surface area (Å²) >= 11 is 6.10. The minimum Gasteiger partial charge on any atom is -0.429 e. The van der Waals surface area contributed by atoms with Gasteiger partial charge in [0, 0.05) is 18.6 Å². The number of ketones is 2. The number of Topliss-reactive ketones (excluding diaryl/α,β-unsaturated/α-hetero) is 2. The zero-order valence-corrected chi connectivity index (χ0v) is 20.4. The number of carbonyl (C=O) groups excluding carboxylic acids is 4. The van der Waals surface area contributed by atoms with E-state index in [2.05, 4.69) is 15.4 Å². The summed E-state index contributed by atoms with van der Waals surface area (Å²) in [5, 5.41) is 20.7. The minimum absolute atomic E-state index is 0.130. The van der Waals surface area contributed by atoms with Crippen molar-refractivity contribution in [1.82, 2.24) is 15.4 Å². The lowest BCUT2D eigenvalue weighted by atomic mass is 9.53. The fourth-order valence-corrected chi connectivity index (χ4v) is 5.87. The average molecular weight is 537 g/mol. The van der Waals surface area contributed by atoms with Crippen LogP contribution in [0.25, 0.3) is 0 Å². The van der Waals surface area contributed by atoms with Crippen LogP contribution in [-0.4, -0.2) is 71.5 Å². The SMILES string of the molecule is CO[N+]1(SC(=S)Cc2cn[nH]n2)C(=O)[C@@]2(C(C)OC(=O)OCc3ccc([N+](=O)[O-])cc3)C(=O)C(=O)[C@H]21. The molecule has 2 fully saturated rings. The van der Waals surface area contributed by atoms with Crippen molar-refractivity contribution in [2.45, 2.75) is 32.1 Å². The molecule has 2 heterocycles. The number of ether oxygens (including phenoxy) is 2. The van der Waals surface area contributed by atoms with Gasteiger partial charge in [-0.05, 0) is 28.7 Å². The topological polar surface area (TPSA) is 181 Å². The summed E-state index contributed by atoms with van der Waals surface area (Å²) < 4.78 is 9.54. The Morgan fingerprint density at radius 1 is 1.33 bits per heavy atom. The van der Waals surface area contributed by atoms with Crippen LogP contribution in [0.1, 0.15) is 18.2 Å². The first-order valence-electron chi connectivity index (χ1n) is 10.3. The van der Waals surface area contributed by atoms with Crippen LogP contribution in [0.2, 0.25) is 0 Å². The Labute approximate surface area is 212 Å². The molecular weight excluding hydrogens is 518 g/mol. The number of benzene rings is 1. The van der Waals surface area contributed by atoms with Gasteiger partial charge in [-0.2, -0.15) is 20.2 Å². The second-order valence-electron chi connectivity index (χ2n) is 7.87. The highest BCUT2D eigenvalue weighted by Gasteiger charge is 2.94. The van der Waals surface area contributed by atoms with E-state index in [0.29, 0.717) is 11.3 Å². The molecule has 36 heavy (non-hydrogen) atoms. The molecule has 14 nitrogen and oxygen atoms in total. The van der Waals surface area contributed by atoms with Crippen molar-refractivity contribution >= 4 is 57.7 Å². The predicted molar refractivity (Wildman–Crippen MR) is 123 cm³/mol. The number of hydrogen-bond acceptors (Lipinski definition) is 13. The van der Waals surface area contributed by atoms with Crippen molar-refractivity contribution in [3.8, 4) is 0 Å². The number of fused-ring (bicyclic) bond motifs is 1. The standard InChI is InChI=1S/C20H18N5O9S2/c1-10(34-19(29)33-9-11-3-5-13(6-4-11)24(30)31)20-16(15(26)17(20)27)25(32-2,18(20)28)36-14(35)7-12-8-21-23-22-12/h3-6,8,10,16H,7,9H2,1-2H3,(H,21,22,23)/q+1/t10?,16-,20-,25?/m1/s1. The van der Waals surface area contributed by atoms with Crippen molar-refractivity contribution in [2.75, 3.05) is 7.11 Å². The molecule has 1 aromatic carbocycles. The van der Waals surface area contributed by atoms with E-state index in [0.717, 1.165) is 11.9 Å². The molecule has 4 rings (SSSR count). The highest BCUT2D eigenvalue weighted by molar-refractivity contribution is 8.19. The van der Waals surface area contributed by atoms with Crippen LogP contribution in [0.3, 0.4) is 0 Å². The second kappa shape index (κ2) is 9.45. The van der Waals surface area contributed by atoms with E-state index in [1.165, 1.54) is 44.5 Å². The minimum atomic E-state index is -1.92. The lowest BCUT2D eigenvalue weighted by Gasteiger charge is -2.59. The summed E-state index contributed by atoms with van der Waals surface area (Å²) in [4.78, 5) is 66.3. The molecule has 188 valence electrons. The molecule has 1 saturated heterocycles. The van der Waals surface area contributed by atoms with Gasteiger partial charge >= 0.3 is 12.1 Å². The molecule has 0 bridgehead atoms. The maximum atomic E-state index is 13.4. The molecule has 1 N–H and O–H groups in total. The molecule has 0 radical (unpaired) electrons. The van der Waals surface area contributed by atoms with Crippen molar-refractivity contribution < 1.29 is 42.5 Å². The van der Waals surface area contributed by atoms with Crippen molar-refractivity contribution in [1.29, 1.82) is 0 Å². The number of aromatic amines is 1. The van der Waals surface area contributed by atoms with Gasteiger partial charge < -0.3 is 9.47 Å². The molecule has 1 aliphatic heterocycles. The van der Waals surface area contributed by atoms with E-state index in [1.54, 1.807) is 0 Å². The molecule has 1 aromatic heterocycles. The molecule has 2 aromatic rings. The molecule has 16 heteroatoms. The molecule has 0 spiro atoms. The number of nitro benzene ring substituents is 1. The Balaban J connectivity index is 1.43. The number of nitro groups is 1. The smallest absolute Gasteiger partial charge is 0.429 e. The van der Waals surface area contributed by atoms with E-state index in [1.807, 2.05) is 0 Å². The van der Waals surface area contributed by atoms with Gasteiger partial charge in [0.2, 0.25) is 11.8 Å². The third-order valence-electron chi connectivity index (χ3n) is 5.97. The number of H-pyrrole nitrogens is 1. The highest BCUT2D eigenvalue weighted by Crippen LogP contribution is 2.61. The number of hydroxylamine groups is 2. The zero-order chi connectivity index (χ0) is 26.3. The van der Waals surface area contributed by atoms with Gasteiger partial charge in [0.15, 0.2) is 11.9 Å². The summed E-state index contributed by atoms with van der Waals surface area (Å²) in [5.74, 6) is -2.62. The van der Waals surface area contributed by atoms with Gasteiger partial charge in [0.1, 0.15) is 16.9 Å². The van der Waals surface area contributed by atoms with E-state index >= 15 is 0 Å². The van der Waals surface area contributed by atoms with E-state index in [-0.39, 0.29) is 22.9 Å². The maximum absolute atomic E-state index is 13.4. The molecule has 1 aliphatic carbocycles. The number of β-lactam (4-membered cyclic amide) rings is 1. The third kappa shape index (κ3) is 3.87. The summed E-state index contributed by atoms with van der Waals surface area (Å²) in [5.41, 5.74) is -1.10. The van der Waals surface area contributed by atoms with Crippen molar-refractivity contribution in [3.63, 3.8) is 0 Å². The Morgan fingerprint density at radius 2 is 2.03 bits per heavy atom. The number of quaternary nitrogens is 1. The Morgan fingerprint density at radius 3 is 2.61 bits per heavy atom. The number of thiocarbonyl (C=S) groups is 1. The Hall–Kier alpha value is -3.60. The first kappa shape index (κ1) is 25.5. The van der Waals surface area contributed by atoms with Crippen molar-refractivity contribution in [2.24, 2.45) is 5.41 Å². The van der Waals surface area contributed by atoms with Crippen LogP contribution in [0, 0.1) is 15.5 Å². The normalized spacial score (nSPS) is 25.3. The number of amides is 1. The molecule has 2 aliphatic rings. The van der Waals surface area contributed by atoms with Crippen molar-refractivity contribution in [3.05, 3.63) is 51.8 Å². The number of rotatable bonds is 9. The molecular formula is C20H18N5O9S2+. The van der Waals surface area contributed by atoms with Gasteiger partial charge in [-0.1, -0.05) is 12.2 Å². The number of aromatic nitrogens is 3. The van der Waals surface area contributed by atoms with Crippen LogP contribution >= 0.6 is 24.2 Å². The van der Waals surface area contributed by atoms with Gasteiger partial charge in [-0.15, -0.1) is 0 Å². The third-order valence-corrected chi connectivity index (χ3v) is 7.49. The fourth-order valence-electron chi connectivity index (χ4n) is 4.20. The number of nitrogens with one attached hydrogen (secondary N) is 1. The lowest BCUT2D eigenvalue weighted by Crippen LogP contribution is -2.92. The Kier molecular flexibility index (Phi) is 6.70. The van der Waals surface area contributed by atoms with Gasteiger partial charge in [-0.25, -0.2) is 9.59 Å². The van der Waals surface area contributed by atoms with E-state index < -0.39 is 50.2 Å². The number of piperidine rings is 1. The fraction of sp³-hybridized carbons (Fsp3) is 0.350. The molecule has 1 amide bonds. The monoisotopic (exact) mass is 536 g/mol. The zero-order valence-electron chi connectivity index (χ0n) is 18.7. The number of hydrogen-bond donors (Lipinski definition) is 1. The highest BCUT2D eigenvalue weighted by atomic mass is 32.2. The average Bonchev–Trinajstić information content (AvgIpc) is 3.36. The van der Waals surface area contributed by atoms with Crippen LogP contribution in [0.4, 0.5) is 10.5 Å². The maximum Gasteiger partial charge on any atom is 0.508 e. The number of nitrogens with zero attached hydrogens (tertiary/aromatic N) is 4. The first-order chi connectivity index (χ1) is 17.1. The summed E-state index contributed by atoms with van der Waals surface area (Å²) in [7, 11) is 1.20. The Bertz CT molecular complexity index is 1270. The summed E-state index contributed by atoms with van der Waals surface area (Å²) in [6.07, 6.45) is -0.931. The number of non-ortho nitro benzene ring substituents is 1. The summed E-state index contributed by atoms with van der Waals surface area (Å²) in [6.45, 7) is 1.04. The van der Waals surface area contributed by atoms with Crippen LogP contribution < -0.4 is 0 Å². The van der Waals surface area contributed by atoms with E-state index in [9.17, 15) is 29.3 Å². The van der Waals surface area contributed by atoms with Crippen LogP contribution in [0.15, 0.2) is 30.5 Å². The lowest BCUT2D eigenvalue weighted by molar-refractivity contribution is -0.977. The van der Waals surface area contributed by atoms with Gasteiger partial charge in [0.25, 0.3) is 16.9 Å². The van der Waals surface area contributed by atoms with Gasteiger partial charge in [-0.3, -0.25) is 19.7 Å². The quantitative estimate of drug-likeness (QED) is 0.0559. The van der Waals surface area contributed by atoms with Gasteiger partial charge in [0.05, 0.1) is 23.9 Å². The second-order valence-corrected chi connectivity index (χ2v) is 9.84. The van der Waals surface area contributed by atoms with Crippen LogP contribution in [-0.2, 0) is 41.7 Å². The van der Waals surface area contributed by atoms with E-state index in [4.69, 9.17) is 26.5 Å². The number of carbonyl (C=O) groups is 4. The molecule has 4 atom stereocenters. The summed E-state index contributed by atoms with van der Waals surface area (Å²) in [6, 6.07) is 4.03. The first-order valence-corrected chi connectivity index (χ1v) is 11.5. The molecule has 1 saturated carbocycles. The molecule has 2 unspecified atom stereocenters. The van der Waals surface area contributed by atoms with Crippen LogP contribution in [0.5, 0.6) is 0 Å². The largest absolute Gasteiger partial charge is 0.508 e. The predicted octanol–water partition coefficient (Wildman–Crippen LogP) is 1.40.